The van der Waals surface area contributed by atoms with Gasteiger partial charge in [0.15, 0.2) is 5.75 Å². The maximum atomic E-state index is 10.4. The molecule has 1 aromatic rings. The van der Waals surface area contributed by atoms with Crippen LogP contribution in [0.5, 0.6) is 5.75 Å². The molecule has 15 heavy (non-hydrogen) atoms. The predicted molar refractivity (Wildman–Crippen MR) is 54.8 cm³/mol. The van der Waals surface area contributed by atoms with Crippen LogP contribution in [0.25, 0.3) is 0 Å². The largest absolute Gasteiger partial charge is 0.485 e. The van der Waals surface area contributed by atoms with Crippen LogP contribution in [0.4, 0.5) is 0 Å². The highest BCUT2D eigenvalue weighted by molar-refractivity contribution is 5.86. The van der Waals surface area contributed by atoms with Crippen molar-refractivity contribution < 1.29 is 14.6 Å². The molecule has 5 heteroatoms. The molecule has 0 aliphatic heterocycles. The first-order valence-electron chi connectivity index (χ1n) is 4.69. The summed E-state index contributed by atoms with van der Waals surface area (Å²) in [6, 6.07) is 0. The minimum absolute atomic E-state index is 0.0207. The zero-order valence-corrected chi connectivity index (χ0v) is 8.64. The van der Waals surface area contributed by atoms with E-state index in [-0.39, 0.29) is 12.2 Å². The number of rotatable bonds is 6. The Morgan fingerprint density at radius 1 is 1.73 bits per heavy atom. The number of aryl methyl sites for hydroxylation is 1. The zero-order chi connectivity index (χ0) is 11.3. The topological polar surface area (TPSA) is 64.4 Å². The van der Waals surface area contributed by atoms with Crippen LogP contribution in [0, 0.1) is 0 Å². The molecule has 0 atom stereocenters. The Hall–Kier alpha value is -1.78. The number of hydrogen-bond donors (Lipinski definition) is 1. The van der Waals surface area contributed by atoms with Gasteiger partial charge in [-0.05, 0) is 6.42 Å². The van der Waals surface area contributed by atoms with Crippen molar-refractivity contribution in [3.05, 3.63) is 24.5 Å². The number of hydrogen-bond acceptors (Lipinski definition) is 3. The van der Waals surface area contributed by atoms with Gasteiger partial charge in [0.05, 0.1) is 18.0 Å². The molecular weight excluding hydrogens is 196 g/mol. The van der Waals surface area contributed by atoms with Crippen molar-refractivity contribution in [2.45, 2.75) is 19.9 Å². The maximum absolute atomic E-state index is 10.4. The normalized spacial score (nSPS) is 9.93. The third-order valence-electron chi connectivity index (χ3n) is 1.78. The molecule has 1 aromatic heterocycles. The van der Waals surface area contributed by atoms with Crippen LogP contribution in [0.2, 0.25) is 0 Å². The quantitative estimate of drug-likeness (QED) is 0.719. The van der Waals surface area contributed by atoms with Gasteiger partial charge in [-0.25, -0.2) is 4.79 Å². The van der Waals surface area contributed by atoms with Crippen LogP contribution in [0.15, 0.2) is 24.5 Å². The molecule has 0 spiro atoms. The highest BCUT2D eigenvalue weighted by Crippen LogP contribution is 2.09. The van der Waals surface area contributed by atoms with Crippen LogP contribution in [-0.4, -0.2) is 27.5 Å². The number of carboxylic acids is 1. The first-order chi connectivity index (χ1) is 7.13. The van der Waals surface area contributed by atoms with Gasteiger partial charge in [-0.2, -0.15) is 5.10 Å². The van der Waals surface area contributed by atoms with E-state index in [0.717, 1.165) is 13.0 Å². The molecule has 82 valence electrons. The van der Waals surface area contributed by atoms with Gasteiger partial charge in [0.1, 0.15) is 6.61 Å². The average Bonchev–Trinajstić information content (AvgIpc) is 2.62. The SMILES string of the molecule is C=C(COc1cnn(CCC)c1)C(=O)O. The average molecular weight is 210 g/mol. The number of ether oxygens (including phenoxy) is 1. The van der Waals surface area contributed by atoms with E-state index in [1.54, 1.807) is 17.1 Å². The second-order valence-corrected chi connectivity index (χ2v) is 3.14. The van der Waals surface area contributed by atoms with E-state index in [0.29, 0.717) is 5.75 Å². The van der Waals surface area contributed by atoms with Crippen LogP contribution in [0.1, 0.15) is 13.3 Å². The molecule has 0 radical (unpaired) electrons. The monoisotopic (exact) mass is 210 g/mol. The van der Waals surface area contributed by atoms with Gasteiger partial charge in [0.2, 0.25) is 0 Å². The fourth-order valence-corrected chi connectivity index (χ4v) is 1.00. The van der Waals surface area contributed by atoms with E-state index in [4.69, 9.17) is 9.84 Å². The van der Waals surface area contributed by atoms with Gasteiger partial charge in [-0.15, -0.1) is 0 Å². The van der Waals surface area contributed by atoms with E-state index < -0.39 is 5.97 Å². The fraction of sp³-hybridized carbons (Fsp3) is 0.400. The van der Waals surface area contributed by atoms with Crippen LogP contribution in [-0.2, 0) is 11.3 Å². The molecule has 1 rings (SSSR count). The predicted octanol–water partition coefficient (Wildman–Crippen LogP) is 1.31. The molecular formula is C10H14N2O3. The van der Waals surface area contributed by atoms with Crippen molar-refractivity contribution in [1.29, 1.82) is 0 Å². The van der Waals surface area contributed by atoms with Crippen LogP contribution in [0.3, 0.4) is 0 Å². The lowest BCUT2D eigenvalue weighted by Crippen LogP contribution is -2.08. The molecule has 0 bridgehead atoms. The summed E-state index contributed by atoms with van der Waals surface area (Å²) < 4.78 is 6.94. The van der Waals surface area contributed by atoms with Crippen LogP contribution < -0.4 is 4.74 Å². The molecule has 5 nitrogen and oxygen atoms in total. The van der Waals surface area contributed by atoms with Gasteiger partial charge in [0.25, 0.3) is 0 Å². The van der Waals surface area contributed by atoms with Crippen LogP contribution >= 0.6 is 0 Å². The Morgan fingerprint density at radius 2 is 2.47 bits per heavy atom. The van der Waals surface area contributed by atoms with Crippen molar-refractivity contribution in [2.24, 2.45) is 0 Å². The van der Waals surface area contributed by atoms with Crippen molar-refractivity contribution >= 4 is 5.97 Å². The Labute approximate surface area is 88.0 Å². The zero-order valence-electron chi connectivity index (χ0n) is 8.64. The highest BCUT2D eigenvalue weighted by atomic mass is 16.5. The summed E-state index contributed by atoms with van der Waals surface area (Å²) in [7, 11) is 0. The van der Waals surface area contributed by atoms with E-state index in [2.05, 4.69) is 18.6 Å². The lowest BCUT2D eigenvalue weighted by molar-refractivity contribution is -0.133. The minimum Gasteiger partial charge on any atom is -0.485 e. The molecule has 0 saturated carbocycles. The van der Waals surface area contributed by atoms with Crippen molar-refractivity contribution in [2.75, 3.05) is 6.61 Å². The summed E-state index contributed by atoms with van der Waals surface area (Å²) in [5.41, 5.74) is 0.0261. The molecule has 0 saturated heterocycles. The Balaban J connectivity index is 2.44. The Morgan fingerprint density at radius 3 is 3.07 bits per heavy atom. The van der Waals surface area contributed by atoms with Gasteiger partial charge in [0, 0.05) is 6.54 Å². The maximum Gasteiger partial charge on any atom is 0.334 e. The molecule has 0 unspecified atom stereocenters. The summed E-state index contributed by atoms with van der Waals surface area (Å²) >= 11 is 0. The molecule has 1 heterocycles. The first-order valence-corrected chi connectivity index (χ1v) is 4.69. The van der Waals surface area contributed by atoms with E-state index in [1.165, 1.54) is 0 Å². The van der Waals surface area contributed by atoms with Gasteiger partial charge in [-0.3, -0.25) is 4.68 Å². The first kappa shape index (κ1) is 11.3. The van der Waals surface area contributed by atoms with Crippen molar-refractivity contribution in [1.82, 2.24) is 9.78 Å². The Kier molecular flexibility index (Phi) is 3.91. The van der Waals surface area contributed by atoms with E-state index in [1.807, 2.05) is 0 Å². The second-order valence-electron chi connectivity index (χ2n) is 3.14. The van der Waals surface area contributed by atoms with E-state index >= 15 is 0 Å². The molecule has 0 aromatic carbocycles. The highest BCUT2D eigenvalue weighted by Gasteiger charge is 2.05. The van der Waals surface area contributed by atoms with Crippen molar-refractivity contribution in [3.63, 3.8) is 0 Å². The lowest BCUT2D eigenvalue weighted by atomic mass is 10.3. The summed E-state index contributed by atoms with van der Waals surface area (Å²) in [5, 5.41) is 12.6. The molecule has 0 fully saturated rings. The van der Waals surface area contributed by atoms with E-state index in [9.17, 15) is 4.79 Å². The van der Waals surface area contributed by atoms with Crippen molar-refractivity contribution in [3.8, 4) is 5.75 Å². The van der Waals surface area contributed by atoms with Gasteiger partial charge < -0.3 is 9.84 Å². The van der Waals surface area contributed by atoms with Gasteiger partial charge >= 0.3 is 5.97 Å². The Bertz CT molecular complexity index is 357. The fourth-order valence-electron chi connectivity index (χ4n) is 1.00. The number of carbonyl (C=O) groups is 1. The molecule has 0 amide bonds. The summed E-state index contributed by atoms with van der Waals surface area (Å²) in [5.74, 6) is -0.484. The standard InChI is InChI=1S/C10H14N2O3/c1-3-4-12-6-9(5-11-12)15-7-8(2)10(13)14/h5-6H,2-4,7H2,1H3,(H,13,14). The van der Waals surface area contributed by atoms with Gasteiger partial charge in [-0.1, -0.05) is 13.5 Å². The third-order valence-corrected chi connectivity index (χ3v) is 1.78. The minimum atomic E-state index is -1.05. The summed E-state index contributed by atoms with van der Waals surface area (Å²) in [6.45, 7) is 6.21. The molecule has 0 aliphatic rings. The summed E-state index contributed by atoms with van der Waals surface area (Å²) in [6.07, 6.45) is 4.28. The molecule has 0 aliphatic carbocycles. The molecule has 1 N–H and O–H groups in total. The smallest absolute Gasteiger partial charge is 0.334 e. The number of carboxylic acid groups (broad SMARTS) is 1. The number of aliphatic carboxylic acids is 1. The second kappa shape index (κ2) is 5.19. The number of nitrogens with zero attached hydrogens (tertiary/aromatic N) is 2. The lowest BCUT2D eigenvalue weighted by Gasteiger charge is -2.01. The third kappa shape index (κ3) is 3.46. The summed E-state index contributed by atoms with van der Waals surface area (Å²) in [4.78, 5) is 10.4. The number of aromatic nitrogens is 2.